The number of allylic oxidation sites excluding steroid dienone is 2. The third-order valence-corrected chi connectivity index (χ3v) is 3.22. The molecular weight excluding hydrogens is 242 g/mol. The van der Waals surface area contributed by atoms with Crippen LogP contribution in [0.5, 0.6) is 0 Å². The van der Waals surface area contributed by atoms with Gasteiger partial charge in [0.2, 0.25) is 5.60 Å². The first-order valence-electron chi connectivity index (χ1n) is 5.77. The fraction of sp³-hybridized carbons (Fsp3) is 0.200. The summed E-state index contributed by atoms with van der Waals surface area (Å²) in [7, 11) is 1.31. The van der Waals surface area contributed by atoms with Crippen LogP contribution in [0, 0.1) is 11.3 Å². The van der Waals surface area contributed by atoms with Gasteiger partial charge in [0.05, 0.1) is 0 Å². The quantitative estimate of drug-likeness (QED) is 0.841. The Bertz CT molecular complexity index is 583. The van der Waals surface area contributed by atoms with Gasteiger partial charge in [-0.3, -0.25) is 4.79 Å². The van der Waals surface area contributed by atoms with Crippen LogP contribution in [-0.4, -0.2) is 24.1 Å². The van der Waals surface area contributed by atoms with Crippen LogP contribution in [0.3, 0.4) is 0 Å². The highest BCUT2D eigenvalue weighted by atomic mass is 16.5. The van der Waals surface area contributed by atoms with Gasteiger partial charge in [-0.15, -0.1) is 0 Å². The molecule has 0 saturated carbocycles. The summed E-state index contributed by atoms with van der Waals surface area (Å²) in [6.07, 6.45) is 3.53. The summed E-state index contributed by atoms with van der Waals surface area (Å²) in [4.78, 5) is 11.2. The summed E-state index contributed by atoms with van der Waals surface area (Å²) in [5, 5.41) is 19.2. The van der Waals surface area contributed by atoms with Crippen molar-refractivity contribution in [3.8, 4) is 6.07 Å². The molecule has 1 N–H and O–H groups in total. The fourth-order valence-electron chi connectivity index (χ4n) is 2.13. The Morgan fingerprint density at radius 1 is 1.42 bits per heavy atom. The van der Waals surface area contributed by atoms with Crippen molar-refractivity contribution in [3.05, 3.63) is 59.4 Å². The fourth-order valence-corrected chi connectivity index (χ4v) is 2.13. The lowest BCUT2D eigenvalue weighted by molar-refractivity contribution is -0.105. The lowest BCUT2D eigenvalue weighted by atomic mass is 9.82. The van der Waals surface area contributed by atoms with E-state index in [0.29, 0.717) is 11.9 Å². The zero-order chi connectivity index (χ0) is 13.9. The van der Waals surface area contributed by atoms with E-state index < -0.39 is 5.60 Å². The maximum Gasteiger partial charge on any atom is 0.230 e. The van der Waals surface area contributed by atoms with Gasteiger partial charge in [0, 0.05) is 18.6 Å². The molecule has 4 nitrogen and oxygen atoms in total. The average Bonchev–Trinajstić information content (AvgIpc) is 2.48. The molecule has 2 unspecified atom stereocenters. The van der Waals surface area contributed by atoms with Gasteiger partial charge < -0.3 is 9.84 Å². The largest absolute Gasteiger partial charge is 0.508 e. The summed E-state index contributed by atoms with van der Waals surface area (Å²) in [6.45, 7) is 0. The monoisotopic (exact) mass is 255 g/mol. The molecule has 0 saturated heterocycles. The smallest absolute Gasteiger partial charge is 0.230 e. The predicted molar refractivity (Wildman–Crippen MR) is 69.4 cm³/mol. The summed E-state index contributed by atoms with van der Waals surface area (Å²) in [6, 6.07) is 11.2. The van der Waals surface area contributed by atoms with Gasteiger partial charge in [-0.2, -0.15) is 5.26 Å². The molecule has 1 aliphatic rings. The summed E-state index contributed by atoms with van der Waals surface area (Å²) in [5.41, 5.74) is -0.302. The molecule has 2 atom stereocenters. The Hall–Kier alpha value is -2.38. The van der Waals surface area contributed by atoms with Gasteiger partial charge >= 0.3 is 0 Å². The van der Waals surface area contributed by atoms with E-state index in [9.17, 15) is 9.90 Å². The summed E-state index contributed by atoms with van der Waals surface area (Å²) < 4.78 is 5.04. The molecule has 0 heterocycles. The number of methoxy groups -OCH3 is 1. The number of aliphatic hydroxyl groups excluding tert-OH is 1. The first kappa shape index (κ1) is 13.1. The molecular formula is C15H13NO3. The predicted octanol–water partition coefficient (Wildman–Crippen LogP) is 2.26. The van der Waals surface area contributed by atoms with Crippen LogP contribution < -0.4 is 0 Å². The number of carbonyl (C=O) groups excluding carboxylic acids is 1. The number of carbonyl (C=O) groups is 1. The van der Waals surface area contributed by atoms with Gasteiger partial charge in [0.15, 0.2) is 0 Å². The van der Waals surface area contributed by atoms with E-state index in [1.807, 2.05) is 36.4 Å². The maximum absolute atomic E-state index is 11.2. The number of benzene rings is 1. The number of rotatable bonds is 3. The molecule has 0 fully saturated rings. The van der Waals surface area contributed by atoms with Crippen LogP contribution in [0.25, 0.3) is 0 Å². The van der Waals surface area contributed by atoms with E-state index in [-0.39, 0.29) is 11.7 Å². The molecule has 0 aliphatic heterocycles. The third-order valence-electron chi connectivity index (χ3n) is 3.22. The molecule has 0 spiro atoms. The van der Waals surface area contributed by atoms with Crippen molar-refractivity contribution in [1.82, 2.24) is 0 Å². The minimum atomic E-state index is -1.57. The van der Waals surface area contributed by atoms with E-state index in [2.05, 4.69) is 0 Å². The SMILES string of the molecule is COC1(C#N)C=C(C=O)C(c2ccccc2)C=C1O. The number of aliphatic hydroxyl groups is 1. The van der Waals surface area contributed by atoms with Crippen LogP contribution in [0.15, 0.2) is 53.8 Å². The third kappa shape index (κ3) is 2.16. The first-order valence-corrected chi connectivity index (χ1v) is 5.77. The highest BCUT2D eigenvalue weighted by Crippen LogP contribution is 2.36. The van der Waals surface area contributed by atoms with Crippen molar-refractivity contribution >= 4 is 6.29 Å². The number of hydrogen-bond acceptors (Lipinski definition) is 4. The van der Waals surface area contributed by atoms with E-state index in [0.717, 1.165) is 5.56 Å². The minimum absolute atomic E-state index is 0.197. The van der Waals surface area contributed by atoms with Crippen molar-refractivity contribution in [3.63, 3.8) is 0 Å². The molecule has 0 aromatic heterocycles. The molecule has 1 aliphatic carbocycles. The number of nitriles is 1. The molecule has 1 aromatic carbocycles. The molecule has 0 amide bonds. The van der Waals surface area contributed by atoms with Gasteiger partial charge in [0.1, 0.15) is 18.1 Å². The highest BCUT2D eigenvalue weighted by molar-refractivity contribution is 5.79. The maximum atomic E-state index is 11.2. The Kier molecular flexibility index (Phi) is 3.50. The second-order valence-corrected chi connectivity index (χ2v) is 4.25. The Balaban J connectivity index is 2.51. The van der Waals surface area contributed by atoms with Gasteiger partial charge in [-0.25, -0.2) is 0 Å². The van der Waals surface area contributed by atoms with E-state index in [1.54, 1.807) is 0 Å². The summed E-state index contributed by atoms with van der Waals surface area (Å²) >= 11 is 0. The molecule has 1 aromatic rings. The van der Waals surface area contributed by atoms with Crippen LogP contribution >= 0.6 is 0 Å². The number of nitrogens with zero attached hydrogens (tertiary/aromatic N) is 1. The zero-order valence-corrected chi connectivity index (χ0v) is 10.4. The van der Waals surface area contributed by atoms with Crippen LogP contribution in [-0.2, 0) is 9.53 Å². The minimum Gasteiger partial charge on any atom is -0.508 e. The zero-order valence-electron chi connectivity index (χ0n) is 10.4. The Morgan fingerprint density at radius 3 is 2.63 bits per heavy atom. The molecule has 0 radical (unpaired) electrons. The Morgan fingerprint density at radius 2 is 2.11 bits per heavy atom. The van der Waals surface area contributed by atoms with Crippen molar-refractivity contribution in [2.75, 3.05) is 7.11 Å². The molecule has 4 heteroatoms. The van der Waals surface area contributed by atoms with E-state index >= 15 is 0 Å². The second-order valence-electron chi connectivity index (χ2n) is 4.25. The van der Waals surface area contributed by atoms with Gasteiger partial charge in [-0.05, 0) is 17.7 Å². The molecule has 96 valence electrons. The normalized spacial score (nSPS) is 26.0. The lowest BCUT2D eigenvalue weighted by Gasteiger charge is -2.28. The lowest BCUT2D eigenvalue weighted by Crippen LogP contribution is -2.33. The van der Waals surface area contributed by atoms with Crippen molar-refractivity contribution in [1.29, 1.82) is 5.26 Å². The van der Waals surface area contributed by atoms with E-state index in [1.165, 1.54) is 19.3 Å². The van der Waals surface area contributed by atoms with Gasteiger partial charge in [-0.1, -0.05) is 30.3 Å². The van der Waals surface area contributed by atoms with Gasteiger partial charge in [0.25, 0.3) is 0 Å². The Labute approximate surface area is 111 Å². The molecule has 19 heavy (non-hydrogen) atoms. The average molecular weight is 255 g/mol. The van der Waals surface area contributed by atoms with Crippen molar-refractivity contribution < 1.29 is 14.6 Å². The topological polar surface area (TPSA) is 70.3 Å². The van der Waals surface area contributed by atoms with Crippen molar-refractivity contribution in [2.45, 2.75) is 11.5 Å². The van der Waals surface area contributed by atoms with Crippen LogP contribution in [0.1, 0.15) is 11.5 Å². The van der Waals surface area contributed by atoms with Crippen LogP contribution in [0.4, 0.5) is 0 Å². The van der Waals surface area contributed by atoms with Crippen molar-refractivity contribution in [2.24, 2.45) is 0 Å². The number of ether oxygens (including phenoxy) is 1. The molecule has 0 bridgehead atoms. The molecule has 2 rings (SSSR count). The summed E-state index contributed by atoms with van der Waals surface area (Å²) in [5.74, 6) is -0.563. The number of aldehydes is 1. The first-order chi connectivity index (χ1) is 9.16. The number of hydrogen-bond donors (Lipinski definition) is 1. The highest BCUT2D eigenvalue weighted by Gasteiger charge is 2.38. The second kappa shape index (κ2) is 5.09. The van der Waals surface area contributed by atoms with E-state index in [4.69, 9.17) is 10.00 Å². The standard InChI is InChI=1S/C15H13NO3/c1-19-15(10-16)8-12(9-17)13(7-14(15)18)11-5-3-2-4-6-11/h2-9,13,18H,1H3. The van der Waals surface area contributed by atoms with Crippen LogP contribution in [0.2, 0.25) is 0 Å².